The van der Waals surface area contributed by atoms with E-state index in [0.717, 1.165) is 37.1 Å². The summed E-state index contributed by atoms with van der Waals surface area (Å²) in [6, 6.07) is 0.358. The van der Waals surface area contributed by atoms with Gasteiger partial charge in [0, 0.05) is 42.0 Å². The molecule has 1 aliphatic carbocycles. The Labute approximate surface area is 141 Å². The Hall–Kier alpha value is -2.04. The van der Waals surface area contributed by atoms with Gasteiger partial charge in [-0.25, -0.2) is 0 Å². The SMILES string of the molecule is O=C1CN2C3=C[C@@H]1CC2=CC(N1C[C@@H](C(=O)O)[C@@H]2CCCC[C@H]21)=C3. The predicted molar refractivity (Wildman–Crippen MR) is 87.6 cm³/mol. The molecule has 0 unspecified atom stereocenters. The van der Waals surface area contributed by atoms with E-state index in [1.807, 2.05) is 0 Å². The van der Waals surface area contributed by atoms with E-state index in [-0.39, 0.29) is 17.8 Å². The summed E-state index contributed by atoms with van der Waals surface area (Å²) in [5, 5.41) is 9.63. The minimum Gasteiger partial charge on any atom is -0.481 e. The third-order valence-electron chi connectivity index (χ3n) is 6.54. The van der Waals surface area contributed by atoms with Crippen molar-refractivity contribution in [3.05, 3.63) is 35.3 Å². The van der Waals surface area contributed by atoms with Gasteiger partial charge in [0.15, 0.2) is 5.78 Å². The number of allylic oxidation sites excluding steroid dienone is 4. The van der Waals surface area contributed by atoms with Crippen LogP contribution >= 0.6 is 0 Å². The van der Waals surface area contributed by atoms with Crippen LogP contribution in [0.3, 0.4) is 0 Å². The number of likely N-dealkylation sites (tertiary alicyclic amines) is 1. The number of carbonyl (C=O) groups excluding carboxylic acids is 1. The van der Waals surface area contributed by atoms with Gasteiger partial charge in [0.2, 0.25) is 0 Å². The first kappa shape index (κ1) is 14.3. The fraction of sp³-hybridized carbons (Fsp3) is 0.579. The van der Waals surface area contributed by atoms with Crippen LogP contribution in [0, 0.1) is 17.8 Å². The van der Waals surface area contributed by atoms with Crippen LogP contribution in [0.5, 0.6) is 0 Å². The maximum absolute atomic E-state index is 11.9. The minimum absolute atomic E-state index is 0.0434. The van der Waals surface area contributed by atoms with Gasteiger partial charge in [-0.2, -0.15) is 0 Å². The molecular weight excluding hydrogens is 304 g/mol. The van der Waals surface area contributed by atoms with E-state index in [9.17, 15) is 14.7 Å². The van der Waals surface area contributed by atoms with E-state index in [0.29, 0.717) is 24.9 Å². The Kier molecular flexibility index (Phi) is 2.97. The number of Topliss-reactive ketones (excluding diaryl/α,β-unsaturated/α-hetero) is 1. The highest BCUT2D eigenvalue weighted by atomic mass is 16.4. The molecule has 0 spiro atoms. The molecule has 4 atom stereocenters. The van der Waals surface area contributed by atoms with Crippen LogP contribution in [0.15, 0.2) is 35.3 Å². The van der Waals surface area contributed by atoms with Gasteiger partial charge in [0.25, 0.3) is 0 Å². The molecule has 24 heavy (non-hydrogen) atoms. The zero-order valence-corrected chi connectivity index (χ0v) is 13.6. The van der Waals surface area contributed by atoms with Crippen LogP contribution in [-0.2, 0) is 9.59 Å². The number of carboxylic acids is 1. The van der Waals surface area contributed by atoms with Crippen LogP contribution in [-0.4, -0.2) is 45.8 Å². The van der Waals surface area contributed by atoms with E-state index in [1.165, 1.54) is 12.1 Å². The molecule has 0 aromatic rings. The quantitative estimate of drug-likeness (QED) is 0.842. The first-order valence-corrected chi connectivity index (χ1v) is 9.05. The zero-order chi connectivity index (χ0) is 16.4. The van der Waals surface area contributed by atoms with Gasteiger partial charge in [-0.1, -0.05) is 12.8 Å². The van der Waals surface area contributed by atoms with Gasteiger partial charge in [-0.15, -0.1) is 0 Å². The number of aliphatic carboxylic acids is 1. The Morgan fingerprint density at radius 2 is 2.00 bits per heavy atom. The topological polar surface area (TPSA) is 60.9 Å². The Morgan fingerprint density at radius 1 is 1.17 bits per heavy atom. The maximum atomic E-state index is 11.9. The summed E-state index contributed by atoms with van der Waals surface area (Å²) in [5.74, 6) is -0.256. The van der Waals surface area contributed by atoms with E-state index in [2.05, 4.69) is 28.0 Å². The second-order valence-electron chi connectivity index (χ2n) is 7.77. The van der Waals surface area contributed by atoms with Crippen molar-refractivity contribution in [1.29, 1.82) is 0 Å². The van der Waals surface area contributed by atoms with E-state index < -0.39 is 5.97 Å². The molecule has 0 amide bonds. The summed E-state index contributed by atoms with van der Waals surface area (Å²) in [7, 11) is 0. The molecule has 1 saturated carbocycles. The molecule has 126 valence electrons. The van der Waals surface area contributed by atoms with Crippen molar-refractivity contribution in [2.75, 3.05) is 13.1 Å². The molecular formula is C19H22N2O3. The second kappa shape index (κ2) is 4.98. The smallest absolute Gasteiger partial charge is 0.308 e. The van der Waals surface area contributed by atoms with Crippen molar-refractivity contribution < 1.29 is 14.7 Å². The molecule has 2 saturated heterocycles. The van der Waals surface area contributed by atoms with Gasteiger partial charge < -0.3 is 14.9 Å². The van der Waals surface area contributed by atoms with Crippen molar-refractivity contribution >= 4 is 11.8 Å². The van der Waals surface area contributed by atoms with Crippen LogP contribution in [0.25, 0.3) is 0 Å². The van der Waals surface area contributed by atoms with Gasteiger partial charge in [0.05, 0.1) is 12.5 Å². The van der Waals surface area contributed by atoms with E-state index in [4.69, 9.17) is 0 Å². The Morgan fingerprint density at radius 3 is 2.75 bits per heavy atom. The normalized spacial score (nSPS) is 37.0. The number of hydrogen-bond acceptors (Lipinski definition) is 4. The predicted octanol–water partition coefficient (Wildman–Crippen LogP) is 2.13. The number of ketones is 1. The molecule has 0 aromatic heterocycles. The molecule has 6 rings (SSSR count). The van der Waals surface area contributed by atoms with E-state index >= 15 is 0 Å². The fourth-order valence-corrected chi connectivity index (χ4v) is 5.36. The van der Waals surface area contributed by atoms with Crippen molar-refractivity contribution in [1.82, 2.24) is 9.80 Å². The number of fused-ring (bicyclic) bond motifs is 2. The molecule has 0 aromatic carbocycles. The van der Waals surface area contributed by atoms with Gasteiger partial charge in [0.1, 0.15) is 0 Å². The molecule has 5 heterocycles. The summed E-state index contributed by atoms with van der Waals surface area (Å²) in [4.78, 5) is 28.1. The molecule has 0 radical (unpaired) electrons. The number of piperidine rings is 1. The zero-order valence-electron chi connectivity index (χ0n) is 13.6. The van der Waals surface area contributed by atoms with Crippen molar-refractivity contribution in [2.24, 2.45) is 17.8 Å². The molecule has 1 N–H and O–H groups in total. The average Bonchev–Trinajstić information content (AvgIpc) is 2.94. The fourth-order valence-electron chi connectivity index (χ4n) is 5.36. The summed E-state index contributed by atoms with van der Waals surface area (Å²) >= 11 is 0. The number of hydrogen-bond donors (Lipinski definition) is 1. The lowest BCUT2D eigenvalue weighted by atomic mass is 9.79. The summed E-state index contributed by atoms with van der Waals surface area (Å²) < 4.78 is 0. The lowest BCUT2D eigenvalue weighted by Gasteiger charge is -2.44. The first-order chi connectivity index (χ1) is 11.6. The lowest BCUT2D eigenvalue weighted by Crippen LogP contribution is -2.45. The minimum atomic E-state index is -0.647. The van der Waals surface area contributed by atoms with Crippen molar-refractivity contribution in [2.45, 2.75) is 38.1 Å². The highest BCUT2D eigenvalue weighted by Gasteiger charge is 2.47. The second-order valence-corrected chi connectivity index (χ2v) is 7.77. The third kappa shape index (κ3) is 1.93. The average molecular weight is 326 g/mol. The molecule has 5 aliphatic heterocycles. The lowest BCUT2D eigenvalue weighted by molar-refractivity contribution is -0.142. The van der Waals surface area contributed by atoms with Crippen LogP contribution in [0.2, 0.25) is 0 Å². The molecule has 5 nitrogen and oxygen atoms in total. The Bertz CT molecular complexity index is 720. The summed E-state index contributed by atoms with van der Waals surface area (Å²) in [5.41, 5.74) is 3.51. The number of rotatable bonds is 2. The Balaban J connectivity index is 1.49. The standard InChI is InChI=1S/C19H22N2O3/c22-18-10-20-12-5-11(18)6-13(20)8-14(7-12)21-9-16(19(23)24)15-3-1-2-4-17(15)21/h5,7-8,11,15-17H,1-4,6,9-10H2,(H,23,24)/t11-,15+,16-,17-/m1/s1. The molecule has 5 heteroatoms. The van der Waals surface area contributed by atoms with Crippen LogP contribution < -0.4 is 0 Å². The summed E-state index contributed by atoms with van der Waals surface area (Å²) in [6.45, 7) is 1.12. The van der Waals surface area contributed by atoms with Gasteiger partial charge in [-0.05, 0) is 37.0 Å². The number of nitrogens with zero attached hydrogens (tertiary/aromatic N) is 2. The molecule has 6 aliphatic rings. The van der Waals surface area contributed by atoms with Crippen LogP contribution in [0.1, 0.15) is 32.1 Å². The molecule has 3 fully saturated rings. The van der Waals surface area contributed by atoms with E-state index in [1.54, 1.807) is 0 Å². The first-order valence-electron chi connectivity index (χ1n) is 9.05. The summed E-state index contributed by atoms with van der Waals surface area (Å²) in [6.07, 6.45) is 11.7. The van der Waals surface area contributed by atoms with Gasteiger partial charge >= 0.3 is 5.97 Å². The third-order valence-corrected chi connectivity index (χ3v) is 6.54. The largest absolute Gasteiger partial charge is 0.481 e. The highest BCUT2D eigenvalue weighted by molar-refractivity contribution is 5.88. The highest BCUT2D eigenvalue weighted by Crippen LogP contribution is 2.45. The number of carboxylic acid groups (broad SMARTS) is 1. The monoisotopic (exact) mass is 326 g/mol. The van der Waals surface area contributed by atoms with Gasteiger partial charge in [-0.3, -0.25) is 9.59 Å². The van der Waals surface area contributed by atoms with Crippen molar-refractivity contribution in [3.63, 3.8) is 0 Å². The van der Waals surface area contributed by atoms with Crippen molar-refractivity contribution in [3.8, 4) is 0 Å². The molecule has 4 bridgehead atoms. The number of carbonyl (C=O) groups is 2. The van der Waals surface area contributed by atoms with Crippen LogP contribution in [0.4, 0.5) is 0 Å². The maximum Gasteiger partial charge on any atom is 0.308 e.